The second-order valence-electron chi connectivity index (χ2n) is 1.69. The van der Waals surface area contributed by atoms with Gasteiger partial charge < -0.3 is 5.73 Å². The minimum absolute atomic E-state index is 0.00613. The Morgan fingerprint density at radius 1 is 1.83 bits per heavy atom. The van der Waals surface area contributed by atoms with E-state index < -0.39 is 0 Å². The molecule has 0 atom stereocenters. The highest BCUT2D eigenvalue weighted by molar-refractivity contribution is 9.11. The Kier molecular flexibility index (Phi) is 4.76. The molecule has 4 N–H and O–H groups in total. The first-order valence-corrected chi connectivity index (χ1v) is 3.60. The fourth-order valence-corrected chi connectivity index (χ4v) is 0.641. The van der Waals surface area contributed by atoms with Crippen molar-refractivity contribution in [3.63, 3.8) is 0 Å². The lowest BCUT2D eigenvalue weighted by molar-refractivity contribution is 0.214. The van der Waals surface area contributed by atoms with Gasteiger partial charge in [0.1, 0.15) is 10.7 Å². The van der Waals surface area contributed by atoms with Gasteiger partial charge in [0.2, 0.25) is 0 Å². The Labute approximate surface area is 78.0 Å². The highest BCUT2D eigenvalue weighted by atomic mass is 79.9. The van der Waals surface area contributed by atoms with Gasteiger partial charge in [0, 0.05) is 0 Å². The summed E-state index contributed by atoms with van der Waals surface area (Å²) in [5.74, 6) is 0. The first kappa shape index (κ1) is 10.7. The topological polar surface area (TPSA) is 94.4 Å². The van der Waals surface area contributed by atoms with Crippen molar-refractivity contribution < 1.29 is 5.21 Å². The summed E-state index contributed by atoms with van der Waals surface area (Å²) in [7, 11) is 0. The molecule has 0 bridgehead atoms. The molecule has 0 unspecified atom stereocenters. The zero-order valence-corrected chi connectivity index (χ0v) is 7.67. The van der Waals surface area contributed by atoms with E-state index in [0.29, 0.717) is 0 Å². The van der Waals surface area contributed by atoms with Crippen LogP contribution >= 0.6 is 15.9 Å². The molecule has 0 rings (SSSR count). The van der Waals surface area contributed by atoms with Gasteiger partial charge in [0.15, 0.2) is 5.71 Å². The maximum absolute atomic E-state index is 8.46. The molecule has 0 saturated heterocycles. The van der Waals surface area contributed by atoms with Crippen LogP contribution < -0.4 is 11.2 Å². The second kappa shape index (κ2) is 5.35. The van der Waals surface area contributed by atoms with Gasteiger partial charge >= 0.3 is 0 Å². The number of hydrogen-bond donors (Lipinski definition) is 3. The number of aliphatic imine (C=N–C) groups is 1. The monoisotopic (exact) mass is 230 g/mol. The van der Waals surface area contributed by atoms with E-state index in [0.717, 1.165) is 6.20 Å². The number of hydroxylamine groups is 1. The molecule has 0 heterocycles. The summed E-state index contributed by atoms with van der Waals surface area (Å²) in [4.78, 5) is 3.67. The van der Waals surface area contributed by atoms with Crippen molar-refractivity contribution in [3.05, 3.63) is 23.1 Å². The molecule has 0 aromatic rings. The van der Waals surface area contributed by atoms with E-state index >= 15 is 0 Å². The molecule has 12 heavy (non-hydrogen) atoms. The van der Waals surface area contributed by atoms with E-state index in [9.17, 15) is 0 Å². The number of hydrogen-bond acceptors (Lipinski definition) is 5. The van der Waals surface area contributed by atoms with Crippen LogP contribution in [0.5, 0.6) is 0 Å². The van der Waals surface area contributed by atoms with Gasteiger partial charge in [-0.3, -0.25) is 10.7 Å². The van der Waals surface area contributed by atoms with Crippen molar-refractivity contribution in [3.8, 4) is 6.07 Å². The lowest BCUT2D eigenvalue weighted by Crippen LogP contribution is -2.07. The molecule has 0 aromatic heterocycles. The van der Waals surface area contributed by atoms with Crippen molar-refractivity contribution in [2.45, 2.75) is 0 Å². The van der Waals surface area contributed by atoms with Gasteiger partial charge in [-0.25, -0.2) is 4.99 Å². The van der Waals surface area contributed by atoms with E-state index in [-0.39, 0.29) is 16.0 Å². The van der Waals surface area contributed by atoms with Crippen molar-refractivity contribution >= 4 is 21.6 Å². The van der Waals surface area contributed by atoms with Crippen LogP contribution in [-0.2, 0) is 0 Å². The standard InChI is InChI=1S/C6H7BrN4O/c1-4(9)5(2-8)11-6(7)3-10-12/h3,10,12H,1,9H2. The molecule has 0 aromatic carbocycles. The van der Waals surface area contributed by atoms with Crippen LogP contribution in [0, 0.1) is 11.3 Å². The number of nitrogens with zero attached hydrogens (tertiary/aromatic N) is 2. The third-order valence-electron chi connectivity index (χ3n) is 0.812. The van der Waals surface area contributed by atoms with Crippen molar-refractivity contribution in [2.24, 2.45) is 10.7 Å². The maximum atomic E-state index is 8.46. The molecule has 0 aliphatic heterocycles. The molecule has 0 radical (unpaired) electrons. The van der Waals surface area contributed by atoms with Crippen LogP contribution in [-0.4, -0.2) is 10.9 Å². The molecule has 0 amide bonds. The second-order valence-corrected chi connectivity index (χ2v) is 2.51. The molecule has 0 saturated carbocycles. The summed E-state index contributed by atoms with van der Waals surface area (Å²) in [6, 6.07) is 1.74. The average Bonchev–Trinajstić information content (AvgIpc) is 2.00. The third kappa shape index (κ3) is 3.75. The number of nitrogens with two attached hydrogens (primary N) is 1. The van der Waals surface area contributed by atoms with Crippen LogP contribution in [0.15, 0.2) is 28.1 Å². The molecule has 0 spiro atoms. The predicted molar refractivity (Wildman–Crippen MR) is 48.3 cm³/mol. The van der Waals surface area contributed by atoms with Crippen molar-refractivity contribution in [2.75, 3.05) is 0 Å². The Balaban J connectivity index is 4.64. The molecular formula is C6H7BrN4O. The highest BCUT2D eigenvalue weighted by Crippen LogP contribution is 2.05. The summed E-state index contributed by atoms with van der Waals surface area (Å²) in [6.07, 6.45) is 1.14. The highest BCUT2D eigenvalue weighted by Gasteiger charge is 1.98. The Morgan fingerprint density at radius 2 is 2.42 bits per heavy atom. The normalized spacial score (nSPS) is 12.1. The summed E-state index contributed by atoms with van der Waals surface area (Å²) >= 11 is 2.95. The SMILES string of the molecule is C=C(N)C(C#N)=NC(Br)=CNO. The van der Waals surface area contributed by atoms with E-state index in [4.69, 9.17) is 16.2 Å². The largest absolute Gasteiger partial charge is 0.397 e. The molecule has 0 fully saturated rings. The fourth-order valence-electron chi connectivity index (χ4n) is 0.361. The lowest BCUT2D eigenvalue weighted by Gasteiger charge is -1.94. The fraction of sp³-hybridized carbons (Fsp3) is 0. The van der Waals surface area contributed by atoms with Gasteiger partial charge in [-0.1, -0.05) is 6.58 Å². The van der Waals surface area contributed by atoms with E-state index in [1.165, 1.54) is 0 Å². The molecule has 0 aliphatic carbocycles. The molecular weight excluding hydrogens is 224 g/mol. The van der Waals surface area contributed by atoms with Crippen LogP contribution in [0.3, 0.4) is 0 Å². The zero-order valence-electron chi connectivity index (χ0n) is 6.08. The van der Waals surface area contributed by atoms with Crippen LogP contribution in [0.2, 0.25) is 0 Å². The Hall–Kier alpha value is -1.32. The first-order valence-electron chi connectivity index (χ1n) is 2.80. The third-order valence-corrected chi connectivity index (χ3v) is 1.22. The van der Waals surface area contributed by atoms with Gasteiger partial charge in [-0.2, -0.15) is 5.26 Å². The van der Waals surface area contributed by atoms with Gasteiger partial charge in [0.05, 0.1) is 11.9 Å². The average molecular weight is 231 g/mol. The van der Waals surface area contributed by atoms with Crippen LogP contribution in [0.4, 0.5) is 0 Å². The minimum Gasteiger partial charge on any atom is -0.397 e. The maximum Gasteiger partial charge on any atom is 0.164 e. The molecule has 5 nitrogen and oxygen atoms in total. The summed E-state index contributed by atoms with van der Waals surface area (Å²) < 4.78 is 0.244. The van der Waals surface area contributed by atoms with Crippen LogP contribution in [0.1, 0.15) is 0 Å². The predicted octanol–water partition coefficient (Wildman–Crippen LogP) is 0.596. The van der Waals surface area contributed by atoms with Gasteiger partial charge in [-0.15, -0.1) is 0 Å². The van der Waals surface area contributed by atoms with Crippen LogP contribution in [0.25, 0.3) is 0 Å². The zero-order chi connectivity index (χ0) is 9.56. The number of nitrogens with one attached hydrogen (secondary N) is 1. The van der Waals surface area contributed by atoms with Gasteiger partial charge in [0.25, 0.3) is 0 Å². The molecule has 6 heteroatoms. The molecule has 64 valence electrons. The number of nitriles is 1. The Bertz CT molecular complexity index is 276. The van der Waals surface area contributed by atoms with Crippen molar-refractivity contribution in [1.29, 1.82) is 5.26 Å². The van der Waals surface area contributed by atoms with E-state index in [1.807, 2.05) is 0 Å². The summed E-state index contributed by atoms with van der Waals surface area (Å²) in [6.45, 7) is 3.33. The summed E-state index contributed by atoms with van der Waals surface area (Å²) in [5.41, 5.74) is 7.02. The lowest BCUT2D eigenvalue weighted by atomic mass is 10.3. The smallest absolute Gasteiger partial charge is 0.164 e. The number of halogens is 1. The summed E-state index contributed by atoms with van der Waals surface area (Å²) in [5, 5.41) is 16.7. The minimum atomic E-state index is -0.00613. The Morgan fingerprint density at radius 3 is 2.75 bits per heavy atom. The first-order chi connectivity index (χ1) is 5.61. The van der Waals surface area contributed by atoms with E-state index in [2.05, 4.69) is 27.5 Å². The number of allylic oxidation sites excluding steroid dienone is 1. The van der Waals surface area contributed by atoms with Crippen molar-refractivity contribution in [1.82, 2.24) is 5.48 Å². The number of rotatable bonds is 3. The molecule has 0 aliphatic rings. The quantitative estimate of drug-likeness (QED) is 0.376. The van der Waals surface area contributed by atoms with Gasteiger partial charge in [-0.05, 0) is 15.9 Å². The van der Waals surface area contributed by atoms with E-state index in [1.54, 1.807) is 11.5 Å².